The maximum atomic E-state index is 14.3. The monoisotopic (exact) mass is 496 g/mol. The first-order chi connectivity index (χ1) is 15.8. The highest BCUT2D eigenvalue weighted by Crippen LogP contribution is 2.43. The highest BCUT2D eigenvalue weighted by Gasteiger charge is 2.40. The second-order valence-electron chi connectivity index (χ2n) is 7.06. The summed E-state index contributed by atoms with van der Waals surface area (Å²) in [7, 11) is 0. The zero-order chi connectivity index (χ0) is 24.1. The lowest BCUT2D eigenvalue weighted by molar-refractivity contribution is -0.153. The van der Waals surface area contributed by atoms with Gasteiger partial charge in [-0.2, -0.15) is 0 Å². The summed E-state index contributed by atoms with van der Waals surface area (Å²) in [5.41, 5.74) is 16.6. The van der Waals surface area contributed by atoms with Crippen LogP contribution in [0.25, 0.3) is 11.3 Å². The van der Waals surface area contributed by atoms with Gasteiger partial charge in [-0.3, -0.25) is 9.59 Å². The zero-order valence-corrected chi connectivity index (χ0v) is 19.0. The van der Waals surface area contributed by atoms with Crippen LogP contribution in [0.5, 0.6) is 0 Å². The summed E-state index contributed by atoms with van der Waals surface area (Å²) >= 11 is 7.07. The first-order valence-electron chi connectivity index (χ1n) is 9.92. The van der Waals surface area contributed by atoms with Gasteiger partial charge < -0.3 is 26.7 Å². The van der Waals surface area contributed by atoms with Crippen LogP contribution in [0.3, 0.4) is 0 Å². The van der Waals surface area contributed by atoms with E-state index in [0.717, 1.165) is 18.6 Å². The van der Waals surface area contributed by atoms with Gasteiger partial charge in [0.05, 0.1) is 21.2 Å². The fourth-order valence-corrected chi connectivity index (χ4v) is 4.14. The van der Waals surface area contributed by atoms with Crippen molar-refractivity contribution in [2.45, 2.75) is 25.3 Å². The third-order valence-electron chi connectivity index (χ3n) is 4.83. The van der Waals surface area contributed by atoms with Crippen LogP contribution in [0.4, 0.5) is 14.9 Å². The van der Waals surface area contributed by atoms with E-state index in [1.165, 1.54) is 11.3 Å². The Balaban J connectivity index is 1.92. The van der Waals surface area contributed by atoms with Crippen molar-refractivity contribution in [2.24, 2.45) is 17.2 Å². The van der Waals surface area contributed by atoms with E-state index in [1.807, 2.05) is 0 Å². The molecule has 2 aromatic rings. The maximum absolute atomic E-state index is 14.3. The third-order valence-corrected chi connectivity index (χ3v) is 5.99. The number of anilines is 1. The normalized spacial score (nSPS) is 15.3. The summed E-state index contributed by atoms with van der Waals surface area (Å²) in [5.74, 6) is -2.32. The highest BCUT2D eigenvalue weighted by atomic mass is 35.5. The van der Waals surface area contributed by atoms with Gasteiger partial charge in [-0.05, 0) is 43.0 Å². The number of nitrogens with zero attached hydrogens (tertiary/aromatic N) is 1. The fourth-order valence-electron chi connectivity index (χ4n) is 3.25. The van der Waals surface area contributed by atoms with Crippen molar-refractivity contribution in [2.75, 3.05) is 18.2 Å². The Morgan fingerprint density at radius 1 is 1.24 bits per heavy atom. The van der Waals surface area contributed by atoms with Crippen molar-refractivity contribution >= 4 is 57.9 Å². The highest BCUT2D eigenvalue weighted by molar-refractivity contribution is 7.11. The summed E-state index contributed by atoms with van der Waals surface area (Å²) in [4.78, 5) is 38.3. The molecule has 3 rings (SSSR count). The minimum Gasteiger partial charge on any atom is -0.455 e. The second kappa shape index (κ2) is 10.8. The number of hydrogen-bond acceptors (Lipinski definition) is 8. The van der Waals surface area contributed by atoms with Crippen LogP contribution in [0.1, 0.15) is 29.7 Å². The lowest BCUT2D eigenvalue weighted by Gasteiger charge is -2.15. The average molecular weight is 497 g/mol. The second-order valence-corrected chi connectivity index (χ2v) is 8.42. The molecule has 12 heteroatoms. The molecule has 0 bridgehead atoms. The van der Waals surface area contributed by atoms with Gasteiger partial charge in [-0.15, -0.1) is 11.3 Å². The SMILES string of the molecule is NCCCC[C@H](N)C(=O)OCO/C(=C1/C(=O)N(C(N)=O)c2cc(Cl)c(F)cc21)c1cccs1. The summed E-state index contributed by atoms with van der Waals surface area (Å²) in [6, 6.07) is 3.59. The van der Waals surface area contributed by atoms with E-state index in [2.05, 4.69) is 0 Å². The number of carbonyl (C=O) groups excluding carboxylic acids is 3. The van der Waals surface area contributed by atoms with Gasteiger partial charge in [-0.25, -0.2) is 14.1 Å². The number of esters is 1. The van der Waals surface area contributed by atoms with Gasteiger partial charge in [-0.1, -0.05) is 24.1 Å². The van der Waals surface area contributed by atoms with Gasteiger partial charge in [0, 0.05) is 5.56 Å². The van der Waals surface area contributed by atoms with E-state index in [9.17, 15) is 18.8 Å². The number of halogens is 2. The summed E-state index contributed by atoms with van der Waals surface area (Å²) in [6.07, 6.45) is 1.79. The minimum absolute atomic E-state index is 0.00812. The molecule has 1 aliphatic rings. The van der Waals surface area contributed by atoms with Crippen molar-refractivity contribution < 1.29 is 28.2 Å². The lowest BCUT2D eigenvalue weighted by atomic mass is 10.0. The van der Waals surface area contributed by atoms with Gasteiger partial charge in [0.2, 0.25) is 6.79 Å². The maximum Gasteiger partial charge on any atom is 0.326 e. The van der Waals surface area contributed by atoms with Gasteiger partial charge in [0.1, 0.15) is 11.9 Å². The predicted octanol–water partition coefficient (Wildman–Crippen LogP) is 2.81. The Morgan fingerprint density at radius 3 is 2.64 bits per heavy atom. The van der Waals surface area contributed by atoms with Crippen LogP contribution >= 0.6 is 22.9 Å². The molecule has 1 aromatic heterocycles. The molecule has 0 radical (unpaired) electrons. The Kier molecular flexibility index (Phi) is 8.03. The molecule has 2 heterocycles. The first kappa shape index (κ1) is 24.6. The Morgan fingerprint density at radius 2 is 2.00 bits per heavy atom. The van der Waals surface area contributed by atoms with Crippen molar-refractivity contribution in [1.82, 2.24) is 0 Å². The number of amides is 3. The molecular weight excluding hydrogens is 475 g/mol. The lowest BCUT2D eigenvalue weighted by Crippen LogP contribution is -2.38. The number of urea groups is 1. The van der Waals surface area contributed by atoms with Crippen LogP contribution in [-0.4, -0.2) is 37.3 Å². The van der Waals surface area contributed by atoms with E-state index >= 15 is 0 Å². The molecule has 0 fully saturated rings. The molecule has 33 heavy (non-hydrogen) atoms. The van der Waals surface area contributed by atoms with Crippen molar-refractivity contribution in [3.63, 3.8) is 0 Å². The minimum atomic E-state index is -1.07. The largest absolute Gasteiger partial charge is 0.455 e. The van der Waals surface area contributed by atoms with E-state index < -0.39 is 36.6 Å². The number of ether oxygens (including phenoxy) is 2. The van der Waals surface area contributed by atoms with E-state index in [4.69, 9.17) is 38.3 Å². The molecule has 0 saturated carbocycles. The molecule has 0 saturated heterocycles. The van der Waals surface area contributed by atoms with Crippen molar-refractivity contribution in [3.8, 4) is 0 Å². The molecule has 1 aliphatic heterocycles. The summed E-state index contributed by atoms with van der Waals surface area (Å²) in [5, 5.41) is 1.44. The van der Waals surface area contributed by atoms with Gasteiger partial charge in [0.15, 0.2) is 5.76 Å². The number of unbranched alkanes of at least 4 members (excludes halogenated alkanes) is 1. The molecule has 9 nitrogen and oxygen atoms in total. The number of rotatable bonds is 9. The molecule has 0 aliphatic carbocycles. The van der Waals surface area contributed by atoms with Crippen LogP contribution in [0.15, 0.2) is 29.6 Å². The number of benzene rings is 1. The van der Waals surface area contributed by atoms with Crippen LogP contribution < -0.4 is 22.1 Å². The zero-order valence-electron chi connectivity index (χ0n) is 17.4. The molecule has 0 unspecified atom stereocenters. The number of thiophene rings is 1. The first-order valence-corrected chi connectivity index (χ1v) is 11.2. The molecule has 0 spiro atoms. The molecule has 1 aromatic carbocycles. The Labute approximate surface area is 197 Å². The Bertz CT molecular complexity index is 1090. The van der Waals surface area contributed by atoms with Crippen LogP contribution in [0, 0.1) is 5.82 Å². The van der Waals surface area contributed by atoms with Crippen molar-refractivity contribution in [3.05, 3.63) is 50.9 Å². The smallest absolute Gasteiger partial charge is 0.326 e. The number of carbonyl (C=O) groups is 3. The van der Waals surface area contributed by atoms with E-state index in [0.29, 0.717) is 29.2 Å². The van der Waals surface area contributed by atoms with Crippen LogP contribution in [0.2, 0.25) is 5.02 Å². The molecule has 3 amide bonds. The van der Waals surface area contributed by atoms with E-state index in [1.54, 1.807) is 17.5 Å². The molecule has 1 atom stereocenters. The standard InChI is InChI=1S/C21H22ClFN4O5S/c22-12-9-15-11(8-13(12)23)17(19(28)27(15)21(26)30)18(16-5-3-7-33-16)31-10-32-20(29)14(25)4-1-2-6-24/h3,5,7-9,14H,1-2,4,6,10,24-25H2,(H2,26,30)/b18-17+/t14-/m0/s1. The number of imide groups is 1. The van der Waals surface area contributed by atoms with Crippen molar-refractivity contribution in [1.29, 1.82) is 0 Å². The molecular formula is C21H22ClFN4O5S. The number of hydrogen-bond donors (Lipinski definition) is 3. The number of nitrogens with two attached hydrogens (primary N) is 3. The molecule has 6 N–H and O–H groups in total. The van der Waals surface area contributed by atoms with E-state index in [-0.39, 0.29) is 27.6 Å². The molecule has 176 valence electrons. The summed E-state index contributed by atoms with van der Waals surface area (Å²) < 4.78 is 25.0. The Hall–Kier alpha value is -2.99. The van der Waals surface area contributed by atoms with Crippen LogP contribution in [-0.2, 0) is 19.1 Å². The van der Waals surface area contributed by atoms with Gasteiger partial charge in [0.25, 0.3) is 5.91 Å². The fraction of sp³-hybridized carbons (Fsp3) is 0.286. The third kappa shape index (κ3) is 5.33. The topological polar surface area (TPSA) is 151 Å². The van der Waals surface area contributed by atoms with Gasteiger partial charge >= 0.3 is 12.0 Å². The quantitative estimate of drug-likeness (QED) is 0.159. The predicted molar refractivity (Wildman–Crippen MR) is 123 cm³/mol. The summed E-state index contributed by atoms with van der Waals surface area (Å²) in [6.45, 7) is -0.0678. The average Bonchev–Trinajstić information content (AvgIpc) is 3.38. The number of fused-ring (bicyclic) bond motifs is 1. The number of primary amides is 1.